The molecule has 0 heterocycles. The Labute approximate surface area is 147 Å². The number of halogens is 2. The van der Waals surface area contributed by atoms with E-state index in [1.807, 2.05) is 0 Å². The lowest BCUT2D eigenvalue weighted by molar-refractivity contribution is -0.139. The summed E-state index contributed by atoms with van der Waals surface area (Å²) < 4.78 is 17.5. The number of hydrogen-bond donors (Lipinski definition) is 2. The highest BCUT2D eigenvalue weighted by atomic mass is 35.5. The van der Waals surface area contributed by atoms with E-state index in [-0.39, 0.29) is 22.7 Å². The molecule has 0 radical (unpaired) electrons. The number of carbonyl (C=O) groups is 3. The number of ether oxygens (including phenoxy) is 1. The topological polar surface area (TPSA) is 84.5 Å². The van der Waals surface area contributed by atoms with Crippen LogP contribution < -0.4 is 10.6 Å². The molecule has 0 aromatic heterocycles. The quantitative estimate of drug-likeness (QED) is 0.799. The Morgan fingerprint density at radius 2 is 1.88 bits per heavy atom. The molecule has 2 aromatic carbocycles. The highest BCUT2D eigenvalue weighted by Crippen LogP contribution is 2.19. The summed E-state index contributed by atoms with van der Waals surface area (Å²) in [6.07, 6.45) is 0. The molecule has 2 aromatic rings. The van der Waals surface area contributed by atoms with Crippen molar-refractivity contribution in [3.63, 3.8) is 0 Å². The number of methoxy groups -OCH3 is 1. The number of esters is 1. The fourth-order valence-electron chi connectivity index (χ4n) is 1.94. The standard InChI is InChI=1S/C17H14ClFN2O4/c1-25-15(22)9-20-16(23)10-3-2-4-12(7-10)21-17(24)13-6-5-11(19)8-14(13)18/h2-8H,9H2,1H3,(H,20,23)(H,21,24). The molecular weight excluding hydrogens is 351 g/mol. The van der Waals surface area contributed by atoms with E-state index in [1.165, 1.54) is 25.3 Å². The second-order valence-electron chi connectivity index (χ2n) is 4.92. The van der Waals surface area contributed by atoms with Crippen LogP contribution >= 0.6 is 11.6 Å². The number of nitrogens with one attached hydrogen (secondary N) is 2. The van der Waals surface area contributed by atoms with Crippen LogP contribution in [0.4, 0.5) is 10.1 Å². The zero-order valence-electron chi connectivity index (χ0n) is 13.1. The van der Waals surface area contributed by atoms with Gasteiger partial charge >= 0.3 is 5.97 Å². The van der Waals surface area contributed by atoms with Crippen molar-refractivity contribution in [1.29, 1.82) is 0 Å². The Kier molecular flexibility index (Phi) is 6.08. The lowest BCUT2D eigenvalue weighted by Crippen LogP contribution is -2.30. The maximum Gasteiger partial charge on any atom is 0.325 e. The minimum absolute atomic E-state index is 0.0236. The normalized spacial score (nSPS) is 10.0. The van der Waals surface area contributed by atoms with E-state index in [2.05, 4.69) is 15.4 Å². The summed E-state index contributed by atoms with van der Waals surface area (Å²) in [5.74, 6) is -2.17. The SMILES string of the molecule is COC(=O)CNC(=O)c1cccc(NC(=O)c2ccc(F)cc2Cl)c1. The van der Waals surface area contributed by atoms with Gasteiger partial charge in [0.25, 0.3) is 11.8 Å². The van der Waals surface area contributed by atoms with Crippen molar-refractivity contribution in [2.24, 2.45) is 0 Å². The molecule has 0 aliphatic rings. The Morgan fingerprint density at radius 3 is 2.56 bits per heavy atom. The fraction of sp³-hybridized carbons (Fsp3) is 0.118. The first-order valence-corrected chi connectivity index (χ1v) is 7.50. The van der Waals surface area contributed by atoms with Gasteiger partial charge < -0.3 is 15.4 Å². The summed E-state index contributed by atoms with van der Waals surface area (Å²) in [5.41, 5.74) is 0.687. The molecule has 25 heavy (non-hydrogen) atoms. The maximum atomic E-state index is 13.0. The smallest absolute Gasteiger partial charge is 0.325 e. The first-order chi connectivity index (χ1) is 11.9. The molecule has 0 bridgehead atoms. The van der Waals surface area contributed by atoms with E-state index in [0.29, 0.717) is 5.69 Å². The third kappa shape index (κ3) is 5.02. The van der Waals surface area contributed by atoms with Gasteiger partial charge in [-0.1, -0.05) is 17.7 Å². The van der Waals surface area contributed by atoms with Crippen LogP contribution in [-0.4, -0.2) is 31.4 Å². The Hall–Kier alpha value is -2.93. The lowest BCUT2D eigenvalue weighted by atomic mass is 10.1. The minimum Gasteiger partial charge on any atom is -0.468 e. The van der Waals surface area contributed by atoms with Crippen LogP contribution in [0.2, 0.25) is 5.02 Å². The summed E-state index contributed by atoms with van der Waals surface area (Å²) >= 11 is 5.85. The zero-order chi connectivity index (χ0) is 18.4. The third-order valence-electron chi connectivity index (χ3n) is 3.18. The molecule has 0 fully saturated rings. The van der Waals surface area contributed by atoms with Crippen molar-refractivity contribution < 1.29 is 23.5 Å². The number of rotatable bonds is 5. The molecule has 0 saturated carbocycles. The van der Waals surface area contributed by atoms with Crippen LogP contribution in [-0.2, 0) is 9.53 Å². The average molecular weight is 365 g/mol. The van der Waals surface area contributed by atoms with Crippen molar-refractivity contribution in [1.82, 2.24) is 5.32 Å². The summed E-state index contributed by atoms with van der Waals surface area (Å²) in [4.78, 5) is 35.2. The van der Waals surface area contributed by atoms with Crippen LogP contribution in [0, 0.1) is 5.82 Å². The van der Waals surface area contributed by atoms with Gasteiger partial charge in [-0.3, -0.25) is 14.4 Å². The monoisotopic (exact) mass is 364 g/mol. The molecule has 2 amide bonds. The molecule has 0 aliphatic heterocycles. The van der Waals surface area contributed by atoms with E-state index in [0.717, 1.165) is 12.1 Å². The summed E-state index contributed by atoms with van der Waals surface area (Å²) in [5, 5.41) is 4.94. The van der Waals surface area contributed by atoms with Crippen molar-refractivity contribution in [2.75, 3.05) is 19.0 Å². The summed E-state index contributed by atoms with van der Waals surface area (Å²) in [6.45, 7) is -0.267. The number of carbonyl (C=O) groups excluding carboxylic acids is 3. The highest BCUT2D eigenvalue weighted by molar-refractivity contribution is 6.34. The van der Waals surface area contributed by atoms with Crippen LogP contribution in [0.3, 0.4) is 0 Å². The van der Waals surface area contributed by atoms with E-state index < -0.39 is 23.6 Å². The van der Waals surface area contributed by atoms with Gasteiger partial charge in [0, 0.05) is 11.3 Å². The molecule has 2 rings (SSSR count). The Morgan fingerprint density at radius 1 is 1.12 bits per heavy atom. The van der Waals surface area contributed by atoms with Gasteiger partial charge in [-0.15, -0.1) is 0 Å². The number of hydrogen-bond acceptors (Lipinski definition) is 4. The second-order valence-corrected chi connectivity index (χ2v) is 5.33. The first-order valence-electron chi connectivity index (χ1n) is 7.12. The Balaban J connectivity index is 2.09. The fourth-order valence-corrected chi connectivity index (χ4v) is 2.19. The molecule has 0 aliphatic carbocycles. The zero-order valence-corrected chi connectivity index (χ0v) is 13.9. The van der Waals surface area contributed by atoms with E-state index in [4.69, 9.17) is 11.6 Å². The Bertz CT molecular complexity index is 826. The minimum atomic E-state index is -0.580. The molecular formula is C17H14ClFN2O4. The van der Waals surface area contributed by atoms with Gasteiger partial charge in [-0.05, 0) is 36.4 Å². The van der Waals surface area contributed by atoms with Gasteiger partial charge in [0.15, 0.2) is 0 Å². The van der Waals surface area contributed by atoms with Gasteiger partial charge in [-0.2, -0.15) is 0 Å². The first kappa shape index (κ1) is 18.4. The largest absolute Gasteiger partial charge is 0.468 e. The average Bonchev–Trinajstić information content (AvgIpc) is 2.59. The molecule has 6 nitrogen and oxygen atoms in total. The van der Waals surface area contributed by atoms with Gasteiger partial charge in [-0.25, -0.2) is 4.39 Å². The molecule has 130 valence electrons. The van der Waals surface area contributed by atoms with E-state index in [9.17, 15) is 18.8 Å². The molecule has 0 saturated heterocycles. The van der Waals surface area contributed by atoms with Crippen LogP contribution in [0.5, 0.6) is 0 Å². The third-order valence-corrected chi connectivity index (χ3v) is 3.49. The molecule has 0 spiro atoms. The van der Waals surface area contributed by atoms with Crippen LogP contribution in [0.1, 0.15) is 20.7 Å². The predicted octanol–water partition coefficient (Wildman–Crippen LogP) is 2.63. The maximum absolute atomic E-state index is 13.0. The van der Waals surface area contributed by atoms with Crippen molar-refractivity contribution in [3.05, 3.63) is 64.4 Å². The molecule has 0 unspecified atom stereocenters. The number of amides is 2. The van der Waals surface area contributed by atoms with E-state index >= 15 is 0 Å². The highest BCUT2D eigenvalue weighted by Gasteiger charge is 2.13. The number of benzene rings is 2. The van der Waals surface area contributed by atoms with E-state index in [1.54, 1.807) is 12.1 Å². The predicted molar refractivity (Wildman–Crippen MR) is 90.2 cm³/mol. The summed E-state index contributed by atoms with van der Waals surface area (Å²) in [6, 6.07) is 9.51. The van der Waals surface area contributed by atoms with Crippen LogP contribution in [0.15, 0.2) is 42.5 Å². The molecule has 8 heteroatoms. The van der Waals surface area contributed by atoms with Crippen molar-refractivity contribution >= 4 is 35.1 Å². The second kappa shape index (κ2) is 8.25. The number of anilines is 1. The molecule has 0 atom stereocenters. The van der Waals surface area contributed by atoms with Crippen molar-refractivity contribution in [2.45, 2.75) is 0 Å². The van der Waals surface area contributed by atoms with Gasteiger partial charge in [0.05, 0.1) is 17.7 Å². The van der Waals surface area contributed by atoms with Crippen molar-refractivity contribution in [3.8, 4) is 0 Å². The summed E-state index contributed by atoms with van der Waals surface area (Å²) in [7, 11) is 1.21. The lowest BCUT2D eigenvalue weighted by Gasteiger charge is -2.09. The van der Waals surface area contributed by atoms with Gasteiger partial charge in [0.2, 0.25) is 0 Å². The van der Waals surface area contributed by atoms with Crippen LogP contribution in [0.25, 0.3) is 0 Å². The molecule has 2 N–H and O–H groups in total. The van der Waals surface area contributed by atoms with Gasteiger partial charge in [0.1, 0.15) is 12.4 Å².